The zero-order chi connectivity index (χ0) is 31.1. The van der Waals surface area contributed by atoms with Crippen LogP contribution in [-0.2, 0) is 19.1 Å². The van der Waals surface area contributed by atoms with E-state index in [0.29, 0.717) is 38.6 Å². The highest BCUT2D eigenvalue weighted by atomic mass is 16.5. The predicted molar refractivity (Wildman–Crippen MR) is 174 cm³/mol. The molecule has 0 saturated heterocycles. The van der Waals surface area contributed by atoms with Gasteiger partial charge in [0.25, 0.3) is 0 Å². The normalized spacial score (nSPS) is 13.0. The second-order valence-electron chi connectivity index (χ2n) is 11.6. The number of aliphatic carboxylic acids is 1. The number of hydrogen-bond acceptors (Lipinski definition) is 5. The van der Waals surface area contributed by atoms with E-state index in [1.54, 1.807) is 0 Å². The summed E-state index contributed by atoms with van der Waals surface area (Å²) in [6, 6.07) is -0.868. The molecule has 7 heteroatoms. The molecule has 0 fully saturated rings. The van der Waals surface area contributed by atoms with Crippen molar-refractivity contribution < 1.29 is 24.2 Å². The number of nitrogens with two attached hydrogens (primary N) is 1. The molecule has 0 aliphatic heterocycles. The number of carbonyl (C=O) groups excluding carboxylic acids is 2. The number of carbonyl (C=O) groups is 3. The lowest BCUT2D eigenvalue weighted by Gasteiger charge is -2.15. The Morgan fingerprint density at radius 2 is 1.29 bits per heavy atom. The first-order chi connectivity index (χ1) is 20.4. The van der Waals surface area contributed by atoms with Crippen LogP contribution in [0.25, 0.3) is 0 Å². The van der Waals surface area contributed by atoms with E-state index >= 15 is 0 Å². The summed E-state index contributed by atoms with van der Waals surface area (Å²) in [6.07, 6.45) is 30.9. The summed E-state index contributed by atoms with van der Waals surface area (Å²) in [4.78, 5) is 36.0. The Labute approximate surface area is 257 Å². The van der Waals surface area contributed by atoms with Crippen molar-refractivity contribution in [3.63, 3.8) is 0 Å². The zero-order valence-electron chi connectivity index (χ0n) is 27.1. The molecule has 0 bridgehead atoms. The molecule has 0 aromatic rings. The Balaban J connectivity index is 4.36. The molecule has 7 nitrogen and oxygen atoms in total. The summed E-state index contributed by atoms with van der Waals surface area (Å²) < 4.78 is 5.86. The number of carboxylic acid groups (broad SMARTS) is 1. The van der Waals surface area contributed by atoms with Crippen LogP contribution in [0, 0.1) is 0 Å². The fourth-order valence-electron chi connectivity index (χ4n) is 4.83. The fourth-order valence-corrected chi connectivity index (χ4v) is 4.83. The second-order valence-corrected chi connectivity index (χ2v) is 11.6. The molecular weight excluding hydrogens is 528 g/mol. The van der Waals surface area contributed by atoms with E-state index in [9.17, 15) is 19.5 Å². The van der Waals surface area contributed by atoms with E-state index in [1.165, 1.54) is 64.2 Å². The van der Waals surface area contributed by atoms with Gasteiger partial charge in [-0.2, -0.15) is 0 Å². The first-order valence-corrected chi connectivity index (χ1v) is 17.2. The van der Waals surface area contributed by atoms with Gasteiger partial charge in [0, 0.05) is 12.8 Å². The number of hydrogen-bond donors (Lipinski definition) is 3. The molecule has 1 amide bonds. The maximum atomic E-state index is 12.5. The third-order valence-corrected chi connectivity index (χ3v) is 7.45. The molecule has 0 radical (unpaired) electrons. The van der Waals surface area contributed by atoms with E-state index in [4.69, 9.17) is 10.5 Å². The highest BCUT2D eigenvalue weighted by Gasteiger charge is 2.18. The van der Waals surface area contributed by atoms with Gasteiger partial charge in [0.1, 0.15) is 12.1 Å². The van der Waals surface area contributed by atoms with Crippen LogP contribution in [0.4, 0.5) is 0 Å². The maximum absolute atomic E-state index is 12.5. The highest BCUT2D eigenvalue weighted by Crippen LogP contribution is 2.15. The van der Waals surface area contributed by atoms with Gasteiger partial charge in [-0.25, -0.2) is 4.79 Å². The van der Waals surface area contributed by atoms with E-state index in [-0.39, 0.29) is 18.0 Å². The molecule has 0 heterocycles. The number of allylic oxidation sites excluding steroid dienone is 3. The van der Waals surface area contributed by atoms with Gasteiger partial charge < -0.3 is 20.9 Å². The van der Waals surface area contributed by atoms with Gasteiger partial charge in [-0.3, -0.25) is 9.59 Å². The molecule has 0 aliphatic carbocycles. The van der Waals surface area contributed by atoms with Crippen molar-refractivity contribution in [2.75, 3.05) is 6.54 Å². The minimum absolute atomic E-state index is 0.102. The second kappa shape index (κ2) is 30.3. The van der Waals surface area contributed by atoms with Gasteiger partial charge in [-0.15, -0.1) is 0 Å². The Morgan fingerprint density at radius 1 is 0.690 bits per heavy atom. The number of esters is 1. The van der Waals surface area contributed by atoms with Crippen molar-refractivity contribution >= 4 is 17.8 Å². The highest BCUT2D eigenvalue weighted by molar-refractivity contribution is 5.83. The van der Waals surface area contributed by atoms with Crippen LogP contribution in [0.5, 0.6) is 0 Å². The third-order valence-electron chi connectivity index (χ3n) is 7.45. The summed E-state index contributed by atoms with van der Waals surface area (Å²) in [5, 5.41) is 11.9. The maximum Gasteiger partial charge on any atom is 0.326 e. The molecule has 0 rings (SSSR count). The van der Waals surface area contributed by atoms with Crippen molar-refractivity contribution in [3.8, 4) is 0 Å². The summed E-state index contributed by atoms with van der Waals surface area (Å²) in [5.41, 5.74) is 5.46. The first kappa shape index (κ1) is 39.8. The van der Waals surface area contributed by atoms with Gasteiger partial charge in [0.2, 0.25) is 5.91 Å². The molecule has 0 aromatic carbocycles. The number of rotatable bonds is 30. The number of nitrogens with one attached hydrogen (secondary N) is 1. The van der Waals surface area contributed by atoms with Crippen LogP contribution >= 0.6 is 0 Å². The SMILES string of the molecule is CCC/C=C\CCCCCCCC(=O)OC(/C=C\CCCCCCC)CCCCCCC(=O)NC(CCCN)C(=O)O. The monoisotopic (exact) mass is 592 g/mol. The summed E-state index contributed by atoms with van der Waals surface area (Å²) in [7, 11) is 0. The number of amides is 1. The zero-order valence-corrected chi connectivity index (χ0v) is 27.1. The van der Waals surface area contributed by atoms with Crippen molar-refractivity contribution in [2.24, 2.45) is 5.73 Å². The summed E-state index contributed by atoms with van der Waals surface area (Å²) in [5.74, 6) is -1.34. The number of ether oxygens (including phenoxy) is 1. The van der Waals surface area contributed by atoms with Crippen LogP contribution in [0.2, 0.25) is 0 Å². The molecule has 0 aliphatic rings. The van der Waals surface area contributed by atoms with Crippen molar-refractivity contribution in [1.82, 2.24) is 5.32 Å². The lowest BCUT2D eigenvalue weighted by molar-refractivity contribution is -0.147. The fraction of sp³-hybridized carbons (Fsp3) is 0.800. The number of carboxylic acids is 1. The molecule has 2 atom stereocenters. The first-order valence-electron chi connectivity index (χ1n) is 17.2. The quantitative estimate of drug-likeness (QED) is 0.0437. The number of unbranched alkanes of at least 4 members (excludes halogenated alkanes) is 14. The average Bonchev–Trinajstić information content (AvgIpc) is 2.97. The van der Waals surface area contributed by atoms with E-state index < -0.39 is 12.0 Å². The Morgan fingerprint density at radius 3 is 1.95 bits per heavy atom. The molecule has 0 aromatic heterocycles. The van der Waals surface area contributed by atoms with Crippen LogP contribution < -0.4 is 11.1 Å². The smallest absolute Gasteiger partial charge is 0.326 e. The van der Waals surface area contributed by atoms with E-state index in [2.05, 4.69) is 43.5 Å². The summed E-state index contributed by atoms with van der Waals surface area (Å²) in [6.45, 7) is 4.82. The topological polar surface area (TPSA) is 119 Å². The summed E-state index contributed by atoms with van der Waals surface area (Å²) >= 11 is 0. The van der Waals surface area contributed by atoms with Gasteiger partial charge in [-0.05, 0) is 83.2 Å². The van der Waals surface area contributed by atoms with E-state index in [1.807, 2.05) is 0 Å². The van der Waals surface area contributed by atoms with Crippen LogP contribution in [0.15, 0.2) is 24.3 Å². The minimum Gasteiger partial charge on any atom is -0.480 e. The molecule has 0 saturated carbocycles. The predicted octanol–water partition coefficient (Wildman–Crippen LogP) is 8.55. The lowest BCUT2D eigenvalue weighted by Crippen LogP contribution is -2.40. The lowest BCUT2D eigenvalue weighted by atomic mass is 10.1. The Bertz CT molecular complexity index is 722. The van der Waals surface area contributed by atoms with Crippen molar-refractivity contribution in [3.05, 3.63) is 24.3 Å². The molecule has 0 spiro atoms. The van der Waals surface area contributed by atoms with Crippen molar-refractivity contribution in [1.29, 1.82) is 0 Å². The van der Waals surface area contributed by atoms with Gasteiger partial charge in [-0.1, -0.05) is 96.3 Å². The largest absolute Gasteiger partial charge is 0.480 e. The Hall–Kier alpha value is -2.15. The Kier molecular flexibility index (Phi) is 28.8. The standard InChI is InChI=1S/C35H64N2O5/c1-3-5-7-9-11-12-13-15-17-23-29-34(39)42-31(25-20-16-14-10-8-6-4-2)26-21-18-19-22-28-33(38)37-32(35(40)41)27-24-30-36/h7,9,20,25,31-32H,3-6,8,10-19,21-24,26-30,36H2,1-2H3,(H,37,38)(H,40,41)/b9-7-,25-20-. The molecule has 244 valence electrons. The average molecular weight is 593 g/mol. The molecule has 2 unspecified atom stereocenters. The van der Waals surface area contributed by atoms with Crippen LogP contribution in [0.3, 0.4) is 0 Å². The molecular formula is C35H64N2O5. The van der Waals surface area contributed by atoms with Gasteiger partial charge >= 0.3 is 11.9 Å². The third kappa shape index (κ3) is 26.7. The van der Waals surface area contributed by atoms with Crippen LogP contribution in [0.1, 0.15) is 162 Å². The van der Waals surface area contributed by atoms with Crippen LogP contribution in [-0.4, -0.2) is 41.6 Å². The van der Waals surface area contributed by atoms with Crippen molar-refractivity contribution in [2.45, 2.75) is 174 Å². The van der Waals surface area contributed by atoms with Gasteiger partial charge in [0.05, 0.1) is 0 Å². The molecule has 4 N–H and O–H groups in total. The van der Waals surface area contributed by atoms with E-state index in [0.717, 1.165) is 51.4 Å². The molecule has 42 heavy (non-hydrogen) atoms. The minimum atomic E-state index is -1.02. The van der Waals surface area contributed by atoms with Gasteiger partial charge in [0.15, 0.2) is 0 Å².